The van der Waals surface area contributed by atoms with Crippen LogP contribution in [0.4, 0.5) is 5.69 Å². The smallest absolute Gasteiger partial charge is 0.218 e. The molecule has 0 aromatic heterocycles. The van der Waals surface area contributed by atoms with Crippen LogP contribution in [0.15, 0.2) is 47.5 Å². The van der Waals surface area contributed by atoms with Crippen molar-refractivity contribution in [1.29, 1.82) is 0 Å². The van der Waals surface area contributed by atoms with Gasteiger partial charge in [0, 0.05) is 53.7 Å². The van der Waals surface area contributed by atoms with Gasteiger partial charge in [0.1, 0.15) is 0 Å². The van der Waals surface area contributed by atoms with Crippen LogP contribution in [0.5, 0.6) is 0 Å². The number of nitrogens with zero attached hydrogens (tertiary/aromatic N) is 2. The van der Waals surface area contributed by atoms with E-state index in [1.807, 2.05) is 30.3 Å². The Morgan fingerprint density at radius 2 is 1.81 bits per heavy atom. The molecule has 2 aliphatic rings. The number of anilines is 1. The average molecular weight is 545 g/mol. The average Bonchev–Trinajstić information content (AvgIpc) is 2.84. The molecule has 2 aromatic carbocycles. The first-order valence-corrected chi connectivity index (χ1v) is 14.3. The van der Waals surface area contributed by atoms with Gasteiger partial charge >= 0.3 is 0 Å². The van der Waals surface area contributed by atoms with Gasteiger partial charge in [0.15, 0.2) is 5.96 Å². The normalized spacial score (nSPS) is 20.7. The van der Waals surface area contributed by atoms with Crippen LogP contribution in [0.2, 0.25) is 10.0 Å². The molecular formula is C29H39Cl2N5O. The number of primary amides is 1. The van der Waals surface area contributed by atoms with E-state index in [2.05, 4.69) is 22.5 Å². The molecule has 4 rings (SSSR count). The molecule has 6 nitrogen and oxygen atoms in total. The van der Waals surface area contributed by atoms with Crippen LogP contribution in [0.3, 0.4) is 0 Å². The summed E-state index contributed by atoms with van der Waals surface area (Å²) in [7, 11) is 0. The summed E-state index contributed by atoms with van der Waals surface area (Å²) in [6.45, 7) is 5.01. The number of benzene rings is 2. The quantitative estimate of drug-likeness (QED) is 0.300. The van der Waals surface area contributed by atoms with E-state index >= 15 is 0 Å². The molecule has 37 heavy (non-hydrogen) atoms. The maximum Gasteiger partial charge on any atom is 0.218 e. The standard InChI is InChI=1S/C29H39Cl2N5O/c1-20-19-36(16-15-33-20)29(34-23-7-5-3-2-4-6-8-23)35-24-12-9-21(10-13-24)26(18-28(32)37)25-14-11-22(30)17-27(25)31/h9-14,17,20,23,26,33H,2-8,15-16,18-19H2,1H3,(H2,32,37)(H,34,35)/t20-,26?/m0/s1. The van der Waals surface area contributed by atoms with Gasteiger partial charge in [0.2, 0.25) is 5.91 Å². The van der Waals surface area contributed by atoms with Gasteiger partial charge in [-0.1, -0.05) is 73.5 Å². The van der Waals surface area contributed by atoms with Crippen molar-refractivity contribution in [3.05, 3.63) is 63.6 Å². The third-order valence-corrected chi connectivity index (χ3v) is 7.92. The predicted molar refractivity (Wildman–Crippen MR) is 155 cm³/mol. The van der Waals surface area contributed by atoms with Crippen molar-refractivity contribution in [2.75, 3.05) is 25.0 Å². The molecule has 1 aliphatic carbocycles. The van der Waals surface area contributed by atoms with Crippen LogP contribution in [0.1, 0.15) is 75.3 Å². The number of rotatable bonds is 6. The van der Waals surface area contributed by atoms with E-state index in [-0.39, 0.29) is 18.2 Å². The van der Waals surface area contributed by atoms with E-state index in [9.17, 15) is 4.79 Å². The lowest BCUT2D eigenvalue weighted by Crippen LogP contribution is -2.53. The highest BCUT2D eigenvalue weighted by molar-refractivity contribution is 6.35. The highest BCUT2D eigenvalue weighted by Crippen LogP contribution is 2.35. The molecular weight excluding hydrogens is 505 g/mol. The number of hydrogen-bond acceptors (Lipinski definition) is 3. The van der Waals surface area contributed by atoms with Crippen molar-refractivity contribution in [1.82, 2.24) is 10.2 Å². The largest absolute Gasteiger partial charge is 0.370 e. The summed E-state index contributed by atoms with van der Waals surface area (Å²) >= 11 is 12.6. The number of nitrogens with two attached hydrogens (primary N) is 1. The first-order valence-electron chi connectivity index (χ1n) is 13.6. The van der Waals surface area contributed by atoms with Crippen molar-refractivity contribution in [2.45, 2.75) is 76.3 Å². The Labute approximate surface area is 231 Å². The number of guanidine groups is 1. The van der Waals surface area contributed by atoms with E-state index < -0.39 is 0 Å². The zero-order valence-electron chi connectivity index (χ0n) is 21.7. The number of hydrogen-bond donors (Lipinski definition) is 3. The van der Waals surface area contributed by atoms with Crippen molar-refractivity contribution in [3.63, 3.8) is 0 Å². The third kappa shape index (κ3) is 8.10. The molecule has 8 heteroatoms. The second-order valence-electron chi connectivity index (χ2n) is 10.4. The topological polar surface area (TPSA) is 82.8 Å². The van der Waals surface area contributed by atoms with Crippen LogP contribution in [0, 0.1) is 0 Å². The number of amides is 1. The molecule has 4 N–H and O–H groups in total. The molecule has 2 fully saturated rings. The van der Waals surface area contributed by atoms with Gasteiger partial charge in [0.25, 0.3) is 0 Å². The van der Waals surface area contributed by atoms with Crippen LogP contribution >= 0.6 is 23.2 Å². The van der Waals surface area contributed by atoms with Gasteiger partial charge < -0.3 is 21.3 Å². The minimum Gasteiger partial charge on any atom is -0.370 e. The van der Waals surface area contributed by atoms with Gasteiger partial charge in [-0.2, -0.15) is 0 Å². The molecule has 1 heterocycles. The number of aliphatic imine (C=N–C) groups is 1. The highest BCUT2D eigenvalue weighted by Gasteiger charge is 2.23. The Hall–Kier alpha value is -2.28. The number of halogens is 2. The summed E-state index contributed by atoms with van der Waals surface area (Å²) in [6, 6.07) is 14.3. The summed E-state index contributed by atoms with van der Waals surface area (Å²) in [5.74, 6) is 0.342. The van der Waals surface area contributed by atoms with E-state index in [0.717, 1.165) is 55.2 Å². The van der Waals surface area contributed by atoms with Crippen molar-refractivity contribution < 1.29 is 4.79 Å². The first-order chi connectivity index (χ1) is 17.9. The zero-order valence-corrected chi connectivity index (χ0v) is 23.2. The molecule has 0 bridgehead atoms. The SMILES string of the molecule is C[C@H]1CN(/C(=N/C2CCCCCCC2)Nc2ccc(C(CC(N)=O)c3ccc(Cl)cc3Cl)cc2)CCN1. The number of piperazine rings is 1. The minimum absolute atomic E-state index is 0.168. The predicted octanol–water partition coefficient (Wildman–Crippen LogP) is 6.18. The molecule has 0 radical (unpaired) electrons. The second kappa shape index (κ2) is 13.5. The highest BCUT2D eigenvalue weighted by atomic mass is 35.5. The molecule has 1 unspecified atom stereocenters. The Balaban J connectivity index is 1.57. The van der Waals surface area contributed by atoms with Crippen LogP contribution < -0.4 is 16.4 Å². The molecule has 2 atom stereocenters. The third-order valence-electron chi connectivity index (χ3n) is 7.36. The lowest BCUT2D eigenvalue weighted by molar-refractivity contribution is -0.118. The van der Waals surface area contributed by atoms with E-state index in [4.69, 9.17) is 33.9 Å². The monoisotopic (exact) mass is 543 g/mol. The van der Waals surface area contributed by atoms with E-state index in [1.165, 1.54) is 32.1 Å². The van der Waals surface area contributed by atoms with Crippen molar-refractivity contribution in [3.8, 4) is 0 Å². The fourth-order valence-corrected chi connectivity index (χ4v) is 5.92. The maximum atomic E-state index is 11.9. The molecule has 1 saturated carbocycles. The molecule has 1 saturated heterocycles. The summed E-state index contributed by atoms with van der Waals surface area (Å²) in [5, 5.41) is 8.25. The molecule has 1 aliphatic heterocycles. The minimum atomic E-state index is -0.375. The maximum absolute atomic E-state index is 11.9. The number of nitrogens with one attached hydrogen (secondary N) is 2. The lowest BCUT2D eigenvalue weighted by atomic mass is 9.88. The summed E-state index contributed by atoms with van der Waals surface area (Å²) < 4.78 is 0. The van der Waals surface area contributed by atoms with Gasteiger partial charge in [-0.05, 0) is 55.2 Å². The Bertz CT molecular complexity index is 1070. The zero-order chi connectivity index (χ0) is 26.2. The lowest BCUT2D eigenvalue weighted by Gasteiger charge is -2.35. The van der Waals surface area contributed by atoms with Gasteiger partial charge in [-0.15, -0.1) is 0 Å². The van der Waals surface area contributed by atoms with Gasteiger partial charge in [-0.25, -0.2) is 4.99 Å². The van der Waals surface area contributed by atoms with Crippen LogP contribution in [0.25, 0.3) is 0 Å². The van der Waals surface area contributed by atoms with E-state index in [1.54, 1.807) is 12.1 Å². The molecule has 200 valence electrons. The Kier molecular flexibility index (Phi) is 10.1. The number of carbonyl (C=O) groups excluding carboxylic acids is 1. The van der Waals surface area contributed by atoms with E-state index in [0.29, 0.717) is 22.1 Å². The molecule has 1 amide bonds. The van der Waals surface area contributed by atoms with Crippen molar-refractivity contribution in [2.24, 2.45) is 10.7 Å². The van der Waals surface area contributed by atoms with Gasteiger partial charge in [0.05, 0.1) is 6.04 Å². The fourth-order valence-electron chi connectivity index (χ4n) is 5.37. The van der Waals surface area contributed by atoms with Crippen LogP contribution in [-0.4, -0.2) is 48.5 Å². The number of carbonyl (C=O) groups is 1. The summed E-state index contributed by atoms with van der Waals surface area (Å²) in [5.41, 5.74) is 8.39. The fraction of sp³-hybridized carbons (Fsp3) is 0.517. The van der Waals surface area contributed by atoms with Crippen molar-refractivity contribution >= 4 is 40.8 Å². The summed E-state index contributed by atoms with van der Waals surface area (Å²) in [4.78, 5) is 19.5. The summed E-state index contributed by atoms with van der Waals surface area (Å²) in [6.07, 6.45) is 8.95. The van der Waals surface area contributed by atoms with Crippen LogP contribution in [-0.2, 0) is 4.79 Å². The molecule has 2 aromatic rings. The first kappa shape index (κ1) is 27.7. The Morgan fingerprint density at radius 1 is 1.11 bits per heavy atom. The Morgan fingerprint density at radius 3 is 2.46 bits per heavy atom. The second-order valence-corrected chi connectivity index (χ2v) is 11.2. The molecule has 0 spiro atoms. The van der Waals surface area contributed by atoms with Gasteiger partial charge in [-0.3, -0.25) is 4.79 Å².